The van der Waals surface area contributed by atoms with E-state index in [9.17, 15) is 13.6 Å². The Morgan fingerprint density at radius 3 is 2.68 bits per heavy atom. The maximum Gasteiger partial charge on any atom is 0.269 e. The number of thiazole rings is 1. The number of nitrogens with two attached hydrogens (primary N) is 1. The van der Waals surface area contributed by atoms with Crippen molar-refractivity contribution >= 4 is 33.9 Å². The van der Waals surface area contributed by atoms with Gasteiger partial charge in [0.25, 0.3) is 5.91 Å². The summed E-state index contributed by atoms with van der Waals surface area (Å²) < 4.78 is 25.7. The third kappa shape index (κ3) is 2.79. The zero-order valence-electron chi connectivity index (χ0n) is 9.83. The van der Waals surface area contributed by atoms with Crippen molar-refractivity contribution in [2.75, 3.05) is 23.4 Å². The smallest absolute Gasteiger partial charge is 0.269 e. The summed E-state index contributed by atoms with van der Waals surface area (Å²) in [6.45, 7) is 0. The Hall–Kier alpha value is -2.22. The van der Waals surface area contributed by atoms with E-state index in [1.165, 1.54) is 6.07 Å². The number of hydrogen-bond acceptors (Lipinski definition) is 5. The van der Waals surface area contributed by atoms with Gasteiger partial charge >= 0.3 is 0 Å². The molecule has 2 rings (SSSR count). The second-order valence-corrected chi connectivity index (χ2v) is 4.57. The van der Waals surface area contributed by atoms with Crippen LogP contribution in [0.5, 0.6) is 0 Å². The molecule has 0 aliphatic carbocycles. The zero-order valence-corrected chi connectivity index (χ0v) is 10.6. The number of carbonyl (C=O) groups excluding carboxylic acids is 1. The molecule has 19 heavy (non-hydrogen) atoms. The van der Waals surface area contributed by atoms with Crippen LogP contribution in [0.15, 0.2) is 18.2 Å². The molecule has 8 heteroatoms. The van der Waals surface area contributed by atoms with Gasteiger partial charge in [0.2, 0.25) is 0 Å². The molecule has 100 valence electrons. The zero-order chi connectivity index (χ0) is 14.0. The summed E-state index contributed by atoms with van der Waals surface area (Å²) in [6.07, 6.45) is 0. The first kappa shape index (κ1) is 13.2. The monoisotopic (exact) mass is 284 g/mol. The van der Waals surface area contributed by atoms with Crippen molar-refractivity contribution in [1.82, 2.24) is 4.98 Å². The van der Waals surface area contributed by atoms with E-state index in [4.69, 9.17) is 5.73 Å². The standard InChI is InChI=1S/C11H10F2N4OS/c1-15-11-17-9(14)8(19-11)10(18)16-5-2-3-6(12)7(13)4-5/h2-4H,14H2,1H3,(H,15,17)(H,16,18). The van der Waals surface area contributed by atoms with Crippen molar-refractivity contribution in [3.63, 3.8) is 0 Å². The Labute approximate surface area is 111 Å². The molecule has 1 amide bonds. The van der Waals surface area contributed by atoms with Crippen molar-refractivity contribution in [3.05, 3.63) is 34.7 Å². The number of nitrogens with zero attached hydrogens (tertiary/aromatic N) is 1. The molecule has 0 fully saturated rings. The number of benzene rings is 1. The number of anilines is 3. The summed E-state index contributed by atoms with van der Waals surface area (Å²) in [6, 6.07) is 3.08. The summed E-state index contributed by atoms with van der Waals surface area (Å²) in [4.78, 5) is 16.0. The van der Waals surface area contributed by atoms with Crippen LogP contribution in [0.4, 0.5) is 25.4 Å². The number of hydrogen-bond donors (Lipinski definition) is 3. The first-order valence-corrected chi connectivity index (χ1v) is 6.03. The molecule has 1 aromatic heterocycles. The minimum atomic E-state index is -1.04. The molecule has 0 aliphatic rings. The molecule has 0 unspecified atom stereocenters. The van der Waals surface area contributed by atoms with Crippen molar-refractivity contribution < 1.29 is 13.6 Å². The van der Waals surface area contributed by atoms with Gasteiger partial charge in [-0.3, -0.25) is 4.79 Å². The molecule has 0 saturated carbocycles. The first-order chi connectivity index (χ1) is 9.01. The topological polar surface area (TPSA) is 80.0 Å². The lowest BCUT2D eigenvalue weighted by atomic mass is 10.3. The maximum atomic E-state index is 13.0. The van der Waals surface area contributed by atoms with Crippen molar-refractivity contribution in [3.8, 4) is 0 Å². The summed E-state index contributed by atoms with van der Waals surface area (Å²) in [7, 11) is 1.65. The van der Waals surface area contributed by atoms with Gasteiger partial charge in [-0.05, 0) is 12.1 Å². The number of carbonyl (C=O) groups is 1. The molecule has 4 N–H and O–H groups in total. The average Bonchev–Trinajstić information content (AvgIpc) is 2.75. The highest BCUT2D eigenvalue weighted by Gasteiger charge is 2.16. The predicted octanol–water partition coefficient (Wildman–Crippen LogP) is 2.30. The highest BCUT2D eigenvalue weighted by atomic mass is 32.1. The lowest BCUT2D eigenvalue weighted by Crippen LogP contribution is -2.12. The molecular formula is C11H10F2N4OS. The van der Waals surface area contributed by atoms with E-state index in [2.05, 4.69) is 15.6 Å². The Morgan fingerprint density at radius 1 is 1.37 bits per heavy atom. The lowest BCUT2D eigenvalue weighted by molar-refractivity contribution is 0.103. The van der Waals surface area contributed by atoms with Gasteiger partial charge in [0.15, 0.2) is 16.8 Å². The molecule has 1 aromatic carbocycles. The van der Waals surface area contributed by atoms with Gasteiger partial charge in [-0.25, -0.2) is 13.8 Å². The van der Waals surface area contributed by atoms with Crippen LogP contribution in [-0.2, 0) is 0 Å². The normalized spacial score (nSPS) is 10.3. The van der Waals surface area contributed by atoms with Crippen molar-refractivity contribution in [2.45, 2.75) is 0 Å². The lowest BCUT2D eigenvalue weighted by Gasteiger charge is -2.04. The fourth-order valence-corrected chi connectivity index (χ4v) is 2.10. The molecule has 0 saturated heterocycles. The van der Waals surface area contributed by atoms with Gasteiger partial charge in [0.05, 0.1) is 0 Å². The Bertz CT molecular complexity index is 629. The van der Waals surface area contributed by atoms with Crippen LogP contribution >= 0.6 is 11.3 Å². The second-order valence-electron chi connectivity index (χ2n) is 3.57. The molecule has 0 spiro atoms. The molecule has 0 radical (unpaired) electrons. The molecular weight excluding hydrogens is 274 g/mol. The number of nitrogen functional groups attached to an aromatic ring is 1. The minimum absolute atomic E-state index is 0.0782. The van der Waals surface area contributed by atoms with Gasteiger partial charge in [0, 0.05) is 18.8 Å². The Morgan fingerprint density at radius 2 is 2.11 bits per heavy atom. The van der Waals surface area contributed by atoms with E-state index in [-0.39, 0.29) is 16.4 Å². The quantitative estimate of drug-likeness (QED) is 0.808. The van der Waals surface area contributed by atoms with E-state index < -0.39 is 17.5 Å². The number of aromatic nitrogens is 1. The van der Waals surface area contributed by atoms with Crippen molar-refractivity contribution in [2.24, 2.45) is 0 Å². The number of nitrogens with one attached hydrogen (secondary N) is 2. The van der Waals surface area contributed by atoms with Gasteiger partial charge in [-0.1, -0.05) is 11.3 Å². The van der Waals surface area contributed by atoms with Gasteiger partial charge in [-0.2, -0.15) is 0 Å². The van der Waals surface area contributed by atoms with Gasteiger partial charge in [-0.15, -0.1) is 0 Å². The number of rotatable bonds is 3. The minimum Gasteiger partial charge on any atom is -0.382 e. The largest absolute Gasteiger partial charge is 0.382 e. The van der Waals surface area contributed by atoms with Crippen LogP contribution in [-0.4, -0.2) is 17.9 Å². The van der Waals surface area contributed by atoms with Crippen LogP contribution in [0.3, 0.4) is 0 Å². The summed E-state index contributed by atoms with van der Waals surface area (Å²) in [5.41, 5.74) is 5.73. The molecule has 0 atom stereocenters. The summed E-state index contributed by atoms with van der Waals surface area (Å²) in [5.74, 6) is -2.46. The Kier molecular flexibility index (Phi) is 3.61. The first-order valence-electron chi connectivity index (χ1n) is 5.21. The van der Waals surface area contributed by atoms with E-state index >= 15 is 0 Å². The predicted molar refractivity (Wildman–Crippen MR) is 70.4 cm³/mol. The molecule has 2 aromatic rings. The van der Waals surface area contributed by atoms with Crippen LogP contribution < -0.4 is 16.4 Å². The molecule has 5 nitrogen and oxygen atoms in total. The van der Waals surface area contributed by atoms with Crippen LogP contribution in [0, 0.1) is 11.6 Å². The van der Waals surface area contributed by atoms with Gasteiger partial charge in [0.1, 0.15) is 10.7 Å². The number of amides is 1. The second kappa shape index (κ2) is 5.19. The van der Waals surface area contributed by atoms with Crippen LogP contribution in [0.2, 0.25) is 0 Å². The molecule has 1 heterocycles. The van der Waals surface area contributed by atoms with E-state index in [1.807, 2.05) is 0 Å². The Balaban J connectivity index is 2.20. The van der Waals surface area contributed by atoms with Crippen molar-refractivity contribution in [1.29, 1.82) is 0 Å². The summed E-state index contributed by atoms with van der Waals surface area (Å²) in [5, 5.41) is 5.68. The third-order valence-electron chi connectivity index (χ3n) is 2.25. The highest BCUT2D eigenvalue weighted by Crippen LogP contribution is 2.25. The van der Waals surface area contributed by atoms with E-state index in [1.54, 1.807) is 7.05 Å². The SMILES string of the molecule is CNc1nc(N)c(C(=O)Nc2ccc(F)c(F)c2)s1. The fourth-order valence-electron chi connectivity index (χ4n) is 1.36. The van der Waals surface area contributed by atoms with E-state index in [0.29, 0.717) is 5.13 Å². The third-order valence-corrected chi connectivity index (χ3v) is 3.34. The fraction of sp³-hybridized carbons (Fsp3) is 0.0909. The van der Waals surface area contributed by atoms with Crippen LogP contribution in [0.25, 0.3) is 0 Å². The van der Waals surface area contributed by atoms with Gasteiger partial charge < -0.3 is 16.4 Å². The van der Waals surface area contributed by atoms with Crippen LogP contribution in [0.1, 0.15) is 9.67 Å². The summed E-state index contributed by atoms with van der Waals surface area (Å²) >= 11 is 1.07. The molecule has 0 aliphatic heterocycles. The number of halogens is 2. The average molecular weight is 284 g/mol. The highest BCUT2D eigenvalue weighted by molar-refractivity contribution is 7.18. The molecule has 0 bridgehead atoms. The maximum absolute atomic E-state index is 13.0. The van der Waals surface area contributed by atoms with E-state index in [0.717, 1.165) is 23.5 Å².